The molecule has 0 saturated heterocycles. The van der Waals surface area contributed by atoms with Crippen LogP contribution in [0, 0.1) is 0 Å². The van der Waals surface area contributed by atoms with Gasteiger partial charge in [-0.3, -0.25) is 0 Å². The zero-order chi connectivity index (χ0) is 15.1. The predicted molar refractivity (Wildman–Crippen MR) is 90.6 cm³/mol. The highest BCUT2D eigenvalue weighted by Crippen LogP contribution is 2.18. The summed E-state index contributed by atoms with van der Waals surface area (Å²) in [4.78, 5) is 2.29. The van der Waals surface area contributed by atoms with E-state index in [4.69, 9.17) is 17.0 Å². The minimum Gasteiger partial charge on any atom is -0.497 e. The highest BCUT2D eigenvalue weighted by Gasteiger charge is 2.20. The molecule has 1 aromatic rings. The lowest BCUT2D eigenvalue weighted by Gasteiger charge is -2.36. The number of ether oxygens (including phenoxy) is 1. The van der Waals surface area contributed by atoms with Gasteiger partial charge in [-0.05, 0) is 63.2 Å². The number of anilines is 1. The van der Waals surface area contributed by atoms with Crippen molar-refractivity contribution in [3.8, 4) is 5.75 Å². The Morgan fingerprint density at radius 2 is 1.65 bits per heavy atom. The number of rotatable bonds is 6. The largest absolute Gasteiger partial charge is 0.497 e. The van der Waals surface area contributed by atoms with Crippen molar-refractivity contribution in [1.29, 1.82) is 0 Å². The summed E-state index contributed by atoms with van der Waals surface area (Å²) in [6.07, 6.45) is 2.16. The molecule has 3 nitrogen and oxygen atoms in total. The van der Waals surface area contributed by atoms with E-state index in [2.05, 4.69) is 37.9 Å². The highest BCUT2D eigenvalue weighted by atomic mass is 32.1. The molecule has 0 bridgehead atoms. The molecule has 0 saturated carbocycles. The van der Waals surface area contributed by atoms with E-state index in [0.717, 1.165) is 29.4 Å². The van der Waals surface area contributed by atoms with Crippen LogP contribution < -0.4 is 10.1 Å². The maximum absolute atomic E-state index is 5.59. The second kappa shape index (κ2) is 8.10. The Labute approximate surface area is 128 Å². The summed E-state index contributed by atoms with van der Waals surface area (Å²) in [6.45, 7) is 8.81. The summed E-state index contributed by atoms with van der Waals surface area (Å²) in [5.41, 5.74) is 0.993. The van der Waals surface area contributed by atoms with Crippen LogP contribution in [-0.2, 0) is 0 Å². The predicted octanol–water partition coefficient (Wildman–Crippen LogP) is 4.29. The molecule has 1 rings (SSSR count). The first-order valence-electron chi connectivity index (χ1n) is 7.26. The van der Waals surface area contributed by atoms with Crippen molar-refractivity contribution in [3.05, 3.63) is 24.3 Å². The molecule has 1 aromatic carbocycles. The van der Waals surface area contributed by atoms with Gasteiger partial charge in [0.05, 0.1) is 7.11 Å². The van der Waals surface area contributed by atoms with Crippen molar-refractivity contribution in [2.24, 2.45) is 0 Å². The molecule has 0 aromatic heterocycles. The van der Waals surface area contributed by atoms with Gasteiger partial charge in [0, 0.05) is 17.8 Å². The standard InChI is InChI=1S/C16H26N2OS/c1-6-12(3)18(13(4)7-2)16(20)17-14-8-10-15(19-5)11-9-14/h8-13H,6-7H2,1-5H3,(H,17,20). The zero-order valence-electron chi connectivity index (χ0n) is 13.1. The molecule has 0 radical (unpaired) electrons. The normalized spacial score (nSPS) is 13.4. The van der Waals surface area contributed by atoms with Gasteiger partial charge in [0.25, 0.3) is 0 Å². The molecule has 112 valence electrons. The second-order valence-electron chi connectivity index (χ2n) is 5.08. The van der Waals surface area contributed by atoms with E-state index in [1.165, 1.54) is 0 Å². The first-order chi connectivity index (χ1) is 9.53. The number of benzene rings is 1. The lowest BCUT2D eigenvalue weighted by Crippen LogP contribution is -2.46. The van der Waals surface area contributed by atoms with Crippen LogP contribution in [0.4, 0.5) is 5.69 Å². The Kier molecular flexibility index (Phi) is 6.79. The molecule has 0 aliphatic rings. The summed E-state index contributed by atoms with van der Waals surface area (Å²) in [6, 6.07) is 8.70. The van der Waals surface area contributed by atoms with Crippen LogP contribution in [0.25, 0.3) is 0 Å². The fraction of sp³-hybridized carbons (Fsp3) is 0.562. The van der Waals surface area contributed by atoms with Crippen molar-refractivity contribution in [2.45, 2.75) is 52.6 Å². The SMILES string of the molecule is CCC(C)N(C(=S)Nc1ccc(OC)cc1)C(C)CC. The summed E-state index contributed by atoms with van der Waals surface area (Å²) < 4.78 is 5.16. The van der Waals surface area contributed by atoms with Gasteiger partial charge < -0.3 is 15.0 Å². The van der Waals surface area contributed by atoms with Gasteiger partial charge in [-0.2, -0.15) is 0 Å². The molecule has 2 unspecified atom stereocenters. The molecule has 0 spiro atoms. The second-order valence-corrected chi connectivity index (χ2v) is 5.47. The summed E-state index contributed by atoms with van der Waals surface area (Å²) in [5, 5.41) is 4.12. The van der Waals surface area contributed by atoms with E-state index in [0.29, 0.717) is 12.1 Å². The Hall–Kier alpha value is -1.29. The lowest BCUT2D eigenvalue weighted by atomic mass is 10.1. The zero-order valence-corrected chi connectivity index (χ0v) is 14.0. The molecule has 0 heterocycles. The molecular weight excluding hydrogens is 268 g/mol. The van der Waals surface area contributed by atoms with Crippen molar-refractivity contribution < 1.29 is 4.74 Å². The fourth-order valence-electron chi connectivity index (χ4n) is 2.09. The van der Waals surface area contributed by atoms with Gasteiger partial charge >= 0.3 is 0 Å². The number of hydrogen-bond donors (Lipinski definition) is 1. The van der Waals surface area contributed by atoms with E-state index >= 15 is 0 Å². The first kappa shape index (κ1) is 16.8. The average Bonchev–Trinajstić information content (AvgIpc) is 2.47. The van der Waals surface area contributed by atoms with Crippen molar-refractivity contribution in [3.63, 3.8) is 0 Å². The van der Waals surface area contributed by atoms with E-state index in [-0.39, 0.29) is 0 Å². The molecule has 2 atom stereocenters. The maximum Gasteiger partial charge on any atom is 0.173 e. The van der Waals surface area contributed by atoms with Crippen LogP contribution in [0.3, 0.4) is 0 Å². The molecule has 0 fully saturated rings. The van der Waals surface area contributed by atoms with Crippen LogP contribution in [0.5, 0.6) is 5.75 Å². The minimum atomic E-state index is 0.434. The number of nitrogens with zero attached hydrogens (tertiary/aromatic N) is 1. The van der Waals surface area contributed by atoms with Crippen LogP contribution in [0.2, 0.25) is 0 Å². The van der Waals surface area contributed by atoms with Gasteiger partial charge in [0.2, 0.25) is 0 Å². The summed E-state index contributed by atoms with van der Waals surface area (Å²) >= 11 is 5.59. The third kappa shape index (κ3) is 4.37. The Morgan fingerprint density at radius 1 is 1.15 bits per heavy atom. The van der Waals surface area contributed by atoms with E-state index in [1.54, 1.807) is 7.11 Å². The number of nitrogens with one attached hydrogen (secondary N) is 1. The van der Waals surface area contributed by atoms with Crippen molar-refractivity contribution in [2.75, 3.05) is 12.4 Å². The number of thiocarbonyl (C=S) groups is 1. The third-order valence-corrected chi connectivity index (χ3v) is 4.02. The fourth-order valence-corrected chi connectivity index (χ4v) is 2.57. The average molecular weight is 294 g/mol. The monoisotopic (exact) mass is 294 g/mol. The minimum absolute atomic E-state index is 0.434. The van der Waals surface area contributed by atoms with Gasteiger partial charge in [0.15, 0.2) is 5.11 Å². The van der Waals surface area contributed by atoms with Crippen LogP contribution in [0.1, 0.15) is 40.5 Å². The molecule has 0 amide bonds. The van der Waals surface area contributed by atoms with E-state index in [1.807, 2.05) is 24.3 Å². The van der Waals surface area contributed by atoms with Gasteiger partial charge in [-0.15, -0.1) is 0 Å². The van der Waals surface area contributed by atoms with Crippen molar-refractivity contribution in [1.82, 2.24) is 4.90 Å². The summed E-state index contributed by atoms with van der Waals surface area (Å²) in [5.74, 6) is 0.849. The van der Waals surface area contributed by atoms with Crippen LogP contribution in [-0.4, -0.2) is 29.2 Å². The van der Waals surface area contributed by atoms with Crippen LogP contribution >= 0.6 is 12.2 Å². The highest BCUT2D eigenvalue weighted by molar-refractivity contribution is 7.80. The Morgan fingerprint density at radius 3 is 2.05 bits per heavy atom. The molecule has 1 N–H and O–H groups in total. The van der Waals surface area contributed by atoms with Gasteiger partial charge in [0.1, 0.15) is 5.75 Å². The Bertz CT molecular complexity index is 409. The molecule has 4 heteroatoms. The molecular formula is C16H26N2OS. The van der Waals surface area contributed by atoms with E-state index in [9.17, 15) is 0 Å². The van der Waals surface area contributed by atoms with E-state index < -0.39 is 0 Å². The maximum atomic E-state index is 5.59. The molecule has 20 heavy (non-hydrogen) atoms. The number of methoxy groups -OCH3 is 1. The van der Waals surface area contributed by atoms with Crippen molar-refractivity contribution >= 4 is 23.0 Å². The topological polar surface area (TPSA) is 24.5 Å². The van der Waals surface area contributed by atoms with Gasteiger partial charge in [-0.1, -0.05) is 13.8 Å². The van der Waals surface area contributed by atoms with Crippen LogP contribution in [0.15, 0.2) is 24.3 Å². The number of hydrogen-bond acceptors (Lipinski definition) is 2. The quantitative estimate of drug-likeness (QED) is 0.791. The lowest BCUT2D eigenvalue weighted by molar-refractivity contribution is 0.254. The molecule has 0 aliphatic carbocycles. The molecule has 0 aliphatic heterocycles. The third-order valence-electron chi connectivity index (χ3n) is 3.71. The Balaban J connectivity index is 2.79. The first-order valence-corrected chi connectivity index (χ1v) is 7.67. The van der Waals surface area contributed by atoms with Gasteiger partial charge in [-0.25, -0.2) is 0 Å². The summed E-state index contributed by atoms with van der Waals surface area (Å²) in [7, 11) is 1.67. The smallest absolute Gasteiger partial charge is 0.173 e.